The number of allylic oxidation sites excluding steroid dienone is 29. The molecule has 0 heteroatoms. The van der Waals surface area contributed by atoms with Gasteiger partial charge in [-0.2, -0.15) is 0 Å². The van der Waals surface area contributed by atoms with E-state index in [1.54, 1.807) is 36.5 Å². The van der Waals surface area contributed by atoms with E-state index in [0.29, 0.717) is 0 Å². The van der Waals surface area contributed by atoms with Gasteiger partial charge in [-0.3, -0.25) is 0 Å². The number of hydrogen-bond acceptors (Lipinski definition) is 0. The smallest absolute Gasteiger partial charge is 0.00206 e. The Hall–Kier alpha value is -8.06. The van der Waals surface area contributed by atoms with Gasteiger partial charge in [-0.15, -0.1) is 0 Å². The van der Waals surface area contributed by atoms with Crippen LogP contribution in [0, 0.1) is 0 Å². The fourth-order valence-corrected chi connectivity index (χ4v) is 7.41. The van der Waals surface area contributed by atoms with Gasteiger partial charge in [0.2, 0.25) is 0 Å². The molecule has 0 N–H and O–H groups in total. The van der Waals surface area contributed by atoms with Crippen LogP contribution >= 0.6 is 0 Å². The van der Waals surface area contributed by atoms with E-state index in [-0.39, 0.29) is 0 Å². The van der Waals surface area contributed by atoms with Crippen LogP contribution in [0.4, 0.5) is 0 Å². The maximum absolute atomic E-state index is 4.41. The van der Waals surface area contributed by atoms with Gasteiger partial charge >= 0.3 is 0 Å². The lowest BCUT2D eigenvalue weighted by molar-refractivity contribution is 1.47. The van der Waals surface area contributed by atoms with Crippen LogP contribution in [0.3, 0.4) is 0 Å². The van der Waals surface area contributed by atoms with Crippen LogP contribution in [0.5, 0.6) is 0 Å². The topological polar surface area (TPSA) is 0 Å². The Morgan fingerprint density at radius 1 is 0.381 bits per heavy atom. The third-order valence-electron chi connectivity index (χ3n) is 10.1. The van der Waals surface area contributed by atoms with Gasteiger partial charge in [-0.25, -0.2) is 0 Å². The summed E-state index contributed by atoms with van der Waals surface area (Å²) in [5, 5.41) is 0. The summed E-state index contributed by atoms with van der Waals surface area (Å²) in [5.74, 6) is 0. The van der Waals surface area contributed by atoms with E-state index in [9.17, 15) is 0 Å². The van der Waals surface area contributed by atoms with E-state index in [1.807, 2.05) is 85.0 Å². The summed E-state index contributed by atoms with van der Waals surface area (Å²) < 4.78 is 0. The third kappa shape index (κ3) is 12.0. The Balaban J connectivity index is 2.32. The van der Waals surface area contributed by atoms with Gasteiger partial charge in [-0.1, -0.05) is 284 Å². The molecule has 0 aliphatic rings. The highest BCUT2D eigenvalue weighted by atomic mass is 14.3. The minimum Gasteiger partial charge on any atom is -0.0991 e. The zero-order valence-electron chi connectivity index (χ0n) is 36.7. The van der Waals surface area contributed by atoms with Gasteiger partial charge in [0, 0.05) is 0 Å². The summed E-state index contributed by atoms with van der Waals surface area (Å²) in [7, 11) is 0. The molecule has 0 aliphatic carbocycles. The monoisotopic (exact) mass is 814 g/mol. The van der Waals surface area contributed by atoms with Crippen molar-refractivity contribution in [2.24, 2.45) is 0 Å². The molecule has 4 rings (SSSR count). The molecule has 0 nitrogen and oxygen atoms in total. The zero-order valence-corrected chi connectivity index (χ0v) is 36.7. The first-order chi connectivity index (χ1) is 30.9. The van der Waals surface area contributed by atoms with Crippen LogP contribution in [0.25, 0.3) is 44.5 Å². The molecule has 0 saturated carbocycles. The minimum absolute atomic E-state index is 0.899. The maximum Gasteiger partial charge on any atom is -0.00206 e. The van der Waals surface area contributed by atoms with E-state index < -0.39 is 0 Å². The molecule has 4 aromatic rings. The molecule has 0 saturated heterocycles. The molecule has 0 amide bonds. The molecule has 63 heavy (non-hydrogen) atoms. The highest BCUT2D eigenvalue weighted by molar-refractivity contribution is 6.11. The molecule has 0 radical (unpaired) electrons. The summed E-state index contributed by atoms with van der Waals surface area (Å²) in [6, 6.07) is 34.2. The largest absolute Gasteiger partial charge is 0.0991 e. The molecule has 0 aliphatic heterocycles. The highest BCUT2D eigenvalue weighted by Crippen LogP contribution is 2.46. The molecule has 0 heterocycles. The van der Waals surface area contributed by atoms with Crippen molar-refractivity contribution in [2.75, 3.05) is 0 Å². The van der Waals surface area contributed by atoms with Crippen molar-refractivity contribution in [2.45, 2.75) is 6.92 Å². The van der Waals surface area contributed by atoms with Crippen molar-refractivity contribution in [1.29, 1.82) is 0 Å². The SMILES string of the molecule is C=C\C=C/C(=C\C=C)C(/C=C)=C(/C(=C(C=C)/C(/C=C\C=C)=C/C=C)c1ccc(-c2c(C(/C=C\C=C)=C/C)ccc(C(/C=C\C=C)=C/C=C)c2-c2ccccc2)cc1)c1ccccc1. The van der Waals surface area contributed by atoms with Crippen molar-refractivity contribution < 1.29 is 0 Å². The van der Waals surface area contributed by atoms with Crippen LogP contribution < -0.4 is 0 Å². The van der Waals surface area contributed by atoms with Crippen LogP contribution in [0.15, 0.2) is 306 Å². The molecule has 0 fully saturated rings. The molecule has 0 spiro atoms. The fraction of sp³-hybridized carbons (Fsp3) is 0.0159. The number of benzene rings is 4. The van der Waals surface area contributed by atoms with E-state index in [0.717, 1.165) is 89.1 Å². The van der Waals surface area contributed by atoms with Crippen LogP contribution in [-0.2, 0) is 0 Å². The van der Waals surface area contributed by atoms with Crippen LogP contribution in [0.1, 0.15) is 29.2 Å². The molecule has 4 aromatic carbocycles. The molecule has 0 aromatic heterocycles. The van der Waals surface area contributed by atoms with Gasteiger partial charge < -0.3 is 0 Å². The van der Waals surface area contributed by atoms with Crippen LogP contribution in [-0.4, -0.2) is 0 Å². The van der Waals surface area contributed by atoms with Crippen molar-refractivity contribution in [3.63, 3.8) is 0 Å². The van der Waals surface area contributed by atoms with Crippen molar-refractivity contribution >= 4 is 22.3 Å². The number of hydrogen-bond donors (Lipinski definition) is 0. The van der Waals surface area contributed by atoms with E-state index in [4.69, 9.17) is 0 Å². The lowest BCUT2D eigenvalue weighted by atomic mass is 9.80. The standard InChI is InChI=1S/C63H58/c1-11-21-34-48(18-8)58-46-47-59(51(33-17-7)37-24-14-4)62(53-40-29-26-30-41-53)63(58)55-44-42-54(43-45-55)61(57(20-10)50(32-16-6)36-23-13-3)60(52-38-27-25-28-39-52)56(19-9)49(31-15-5)35-22-12-2/h11-47H,1-7,9-10H2,8H3/b34-21-,35-22-,36-23-,37-24-,48-18+,49-31+,50-32+,51-33+,60-56+,61-57+. The highest BCUT2D eigenvalue weighted by Gasteiger charge is 2.23. The molecule has 0 unspecified atom stereocenters. The Morgan fingerprint density at radius 3 is 1.21 bits per heavy atom. The van der Waals surface area contributed by atoms with Crippen molar-refractivity contribution in [3.05, 3.63) is 328 Å². The average molecular weight is 815 g/mol. The van der Waals surface area contributed by atoms with Crippen LogP contribution in [0.2, 0.25) is 0 Å². The molecule has 0 bridgehead atoms. The van der Waals surface area contributed by atoms with Gasteiger partial charge in [-0.05, 0) is 96.0 Å². The lowest BCUT2D eigenvalue weighted by Gasteiger charge is -2.24. The normalized spacial score (nSPS) is 13.4. The second-order valence-corrected chi connectivity index (χ2v) is 13.9. The first-order valence-corrected chi connectivity index (χ1v) is 20.9. The predicted octanol–water partition coefficient (Wildman–Crippen LogP) is 17.8. The minimum atomic E-state index is 0.899. The van der Waals surface area contributed by atoms with E-state index >= 15 is 0 Å². The zero-order chi connectivity index (χ0) is 45.4. The Kier molecular flexibility index (Phi) is 19.3. The first kappa shape index (κ1) is 47.6. The second-order valence-electron chi connectivity index (χ2n) is 13.9. The Bertz CT molecular complexity index is 2660. The number of rotatable bonds is 22. The summed E-state index contributed by atoms with van der Waals surface area (Å²) in [6.45, 7) is 38.9. The summed E-state index contributed by atoms with van der Waals surface area (Å²) in [5.41, 5.74) is 16.0. The Morgan fingerprint density at radius 2 is 0.778 bits per heavy atom. The van der Waals surface area contributed by atoms with Crippen molar-refractivity contribution in [3.8, 4) is 22.3 Å². The Labute approximate surface area is 378 Å². The van der Waals surface area contributed by atoms with Crippen molar-refractivity contribution in [1.82, 2.24) is 0 Å². The van der Waals surface area contributed by atoms with E-state index in [1.165, 1.54) is 0 Å². The lowest BCUT2D eigenvalue weighted by Crippen LogP contribution is -2.02. The fourth-order valence-electron chi connectivity index (χ4n) is 7.41. The van der Waals surface area contributed by atoms with Gasteiger partial charge in [0.1, 0.15) is 0 Å². The summed E-state index contributed by atoms with van der Waals surface area (Å²) in [4.78, 5) is 0. The molecule has 0 atom stereocenters. The molecule has 310 valence electrons. The average Bonchev–Trinajstić information content (AvgIpc) is 3.32. The van der Waals surface area contributed by atoms with Gasteiger partial charge in [0.15, 0.2) is 0 Å². The molecular formula is C63H58. The molecular weight excluding hydrogens is 757 g/mol. The predicted molar refractivity (Wildman–Crippen MR) is 284 cm³/mol. The summed E-state index contributed by atoms with van der Waals surface area (Å²) in [6.07, 6.45) is 40.6. The van der Waals surface area contributed by atoms with E-state index in [2.05, 4.69) is 169 Å². The third-order valence-corrected chi connectivity index (χ3v) is 10.1. The first-order valence-electron chi connectivity index (χ1n) is 20.9. The summed E-state index contributed by atoms with van der Waals surface area (Å²) >= 11 is 0. The van der Waals surface area contributed by atoms with Gasteiger partial charge in [0.05, 0.1) is 0 Å². The maximum atomic E-state index is 4.41. The quantitative estimate of drug-likeness (QED) is 0.0694. The second kappa shape index (κ2) is 25.5. The van der Waals surface area contributed by atoms with Gasteiger partial charge in [0.25, 0.3) is 0 Å².